The van der Waals surface area contributed by atoms with Gasteiger partial charge in [-0.15, -0.1) is 0 Å². The molecule has 5 nitrogen and oxygen atoms in total. The molecule has 1 aromatic carbocycles. The third kappa shape index (κ3) is 5.61. The van der Waals surface area contributed by atoms with Crippen LogP contribution in [0.4, 0.5) is 5.69 Å². The summed E-state index contributed by atoms with van der Waals surface area (Å²) < 4.78 is 10.8. The quantitative estimate of drug-likeness (QED) is 0.582. The van der Waals surface area contributed by atoms with E-state index in [1.807, 2.05) is 13.8 Å². The number of amides is 1. The number of alkyl halides is 1. The Morgan fingerprint density at radius 3 is 2.10 bits per heavy atom. The maximum atomic E-state index is 11.7. The molecule has 1 amide bonds. The van der Waals surface area contributed by atoms with Crippen molar-refractivity contribution in [1.82, 2.24) is 0 Å². The molecule has 0 aromatic heterocycles. The Hall–Kier alpha value is -1.56. The Balaban J connectivity index is 2.81. The van der Waals surface area contributed by atoms with Gasteiger partial charge in [0.2, 0.25) is 5.91 Å². The number of hydrogen-bond donors (Lipinski definition) is 1. The molecule has 0 radical (unpaired) electrons. The first-order chi connectivity index (χ1) is 9.58. The molecule has 0 saturated carbocycles. The van der Waals surface area contributed by atoms with Crippen molar-refractivity contribution in [3.63, 3.8) is 0 Å². The van der Waals surface area contributed by atoms with Crippen molar-refractivity contribution in [2.45, 2.75) is 20.3 Å². The normalized spacial score (nSPS) is 9.95. The van der Waals surface area contributed by atoms with E-state index in [1.165, 1.54) is 0 Å². The van der Waals surface area contributed by atoms with Crippen LogP contribution in [0, 0.1) is 0 Å². The summed E-state index contributed by atoms with van der Waals surface area (Å²) in [6.07, 6.45) is -0.159. The molecule has 0 aliphatic heterocycles. The number of rotatable bonds is 8. The molecule has 1 rings (SSSR count). The first kappa shape index (κ1) is 16.5. The average molecular weight is 344 g/mol. The lowest BCUT2D eigenvalue weighted by Gasteiger charge is -2.11. The van der Waals surface area contributed by atoms with Crippen LogP contribution in [0.1, 0.15) is 20.3 Å². The molecule has 20 heavy (non-hydrogen) atoms. The molecule has 110 valence electrons. The highest BCUT2D eigenvalue weighted by molar-refractivity contribution is 9.09. The molecule has 1 aromatic rings. The van der Waals surface area contributed by atoms with Crippen LogP contribution in [0.15, 0.2) is 18.2 Å². The zero-order valence-electron chi connectivity index (χ0n) is 11.6. The second-order valence-electron chi connectivity index (χ2n) is 3.96. The average Bonchev–Trinajstić information content (AvgIpc) is 2.38. The van der Waals surface area contributed by atoms with E-state index in [1.54, 1.807) is 18.2 Å². The molecule has 0 atom stereocenters. The zero-order chi connectivity index (χ0) is 15.0. The summed E-state index contributed by atoms with van der Waals surface area (Å²) in [6, 6.07) is 5.15. The van der Waals surface area contributed by atoms with Crippen LogP contribution in [0.25, 0.3) is 0 Å². The minimum absolute atomic E-state index is 0.159. The lowest BCUT2D eigenvalue weighted by atomic mass is 10.2. The minimum Gasteiger partial charge on any atom is -0.494 e. The number of nitrogens with one attached hydrogen (secondary N) is 1. The van der Waals surface area contributed by atoms with Gasteiger partial charge in [-0.05, 0) is 13.8 Å². The van der Waals surface area contributed by atoms with Crippen molar-refractivity contribution in [1.29, 1.82) is 0 Å². The molecule has 0 aliphatic rings. The predicted octanol–water partition coefficient (Wildman–Crippen LogP) is 2.78. The van der Waals surface area contributed by atoms with Crippen LogP contribution in [0.5, 0.6) is 11.5 Å². The Bertz CT molecular complexity index is 452. The maximum absolute atomic E-state index is 11.7. The largest absolute Gasteiger partial charge is 0.494 e. The van der Waals surface area contributed by atoms with E-state index in [-0.39, 0.29) is 23.4 Å². The standard InChI is InChI=1S/C14H18BrNO4/c1-3-19-12-5-10(6-13(8-12)20-4-2)16-14(18)7-11(17)9-15/h5-6,8H,3-4,7,9H2,1-2H3,(H,16,18). The van der Waals surface area contributed by atoms with Gasteiger partial charge < -0.3 is 14.8 Å². The van der Waals surface area contributed by atoms with Crippen LogP contribution in [0.3, 0.4) is 0 Å². The van der Waals surface area contributed by atoms with E-state index in [0.29, 0.717) is 30.4 Å². The Labute approximate surface area is 126 Å². The molecule has 0 unspecified atom stereocenters. The van der Waals surface area contributed by atoms with Gasteiger partial charge in [0.05, 0.1) is 25.0 Å². The molecule has 0 spiro atoms. The molecule has 1 N–H and O–H groups in total. The van der Waals surface area contributed by atoms with E-state index in [2.05, 4.69) is 21.2 Å². The van der Waals surface area contributed by atoms with Crippen molar-refractivity contribution >= 4 is 33.3 Å². The number of benzene rings is 1. The van der Waals surface area contributed by atoms with Crippen LogP contribution < -0.4 is 14.8 Å². The number of ketones is 1. The van der Waals surface area contributed by atoms with Gasteiger partial charge in [-0.2, -0.15) is 0 Å². The fourth-order valence-electron chi connectivity index (χ4n) is 1.58. The van der Waals surface area contributed by atoms with Gasteiger partial charge in [0.15, 0.2) is 5.78 Å². The summed E-state index contributed by atoms with van der Waals surface area (Å²) in [4.78, 5) is 22.9. The number of carbonyl (C=O) groups is 2. The molecule has 0 aliphatic carbocycles. The lowest BCUT2D eigenvalue weighted by Crippen LogP contribution is -2.17. The third-order valence-electron chi connectivity index (χ3n) is 2.29. The monoisotopic (exact) mass is 343 g/mol. The van der Waals surface area contributed by atoms with Crippen LogP contribution in [0.2, 0.25) is 0 Å². The lowest BCUT2D eigenvalue weighted by molar-refractivity contribution is -0.123. The van der Waals surface area contributed by atoms with Gasteiger partial charge in [-0.25, -0.2) is 0 Å². The van der Waals surface area contributed by atoms with Gasteiger partial charge in [0.25, 0.3) is 0 Å². The van der Waals surface area contributed by atoms with E-state index < -0.39 is 0 Å². The fraction of sp³-hybridized carbons (Fsp3) is 0.429. The number of ether oxygens (including phenoxy) is 2. The second kappa shape index (κ2) is 8.58. The SMILES string of the molecule is CCOc1cc(NC(=O)CC(=O)CBr)cc(OCC)c1. The Morgan fingerprint density at radius 1 is 1.10 bits per heavy atom. The summed E-state index contributed by atoms with van der Waals surface area (Å²) in [7, 11) is 0. The number of halogens is 1. The molecule has 6 heteroatoms. The molecule has 0 heterocycles. The second-order valence-corrected chi connectivity index (χ2v) is 4.52. The highest BCUT2D eigenvalue weighted by Gasteiger charge is 2.10. The van der Waals surface area contributed by atoms with Crippen molar-refractivity contribution in [3.05, 3.63) is 18.2 Å². The minimum atomic E-state index is -0.356. The van der Waals surface area contributed by atoms with Crippen LogP contribution in [-0.2, 0) is 9.59 Å². The first-order valence-electron chi connectivity index (χ1n) is 6.37. The van der Waals surface area contributed by atoms with Crippen molar-refractivity contribution < 1.29 is 19.1 Å². The molecule has 0 saturated heterocycles. The molecular weight excluding hydrogens is 326 g/mol. The maximum Gasteiger partial charge on any atom is 0.231 e. The smallest absolute Gasteiger partial charge is 0.231 e. The van der Waals surface area contributed by atoms with Crippen molar-refractivity contribution in [2.24, 2.45) is 0 Å². The summed E-state index contributed by atoms with van der Waals surface area (Å²) >= 11 is 3.02. The van der Waals surface area contributed by atoms with Crippen LogP contribution in [-0.4, -0.2) is 30.2 Å². The van der Waals surface area contributed by atoms with Crippen LogP contribution >= 0.6 is 15.9 Å². The van der Waals surface area contributed by atoms with Gasteiger partial charge >= 0.3 is 0 Å². The Morgan fingerprint density at radius 2 is 1.65 bits per heavy atom. The van der Waals surface area contributed by atoms with Crippen molar-refractivity contribution in [3.8, 4) is 11.5 Å². The van der Waals surface area contributed by atoms with E-state index in [4.69, 9.17) is 9.47 Å². The van der Waals surface area contributed by atoms with Gasteiger partial charge in [0, 0.05) is 23.9 Å². The number of carbonyl (C=O) groups excluding carboxylic acids is 2. The fourth-order valence-corrected chi connectivity index (χ4v) is 1.77. The number of hydrogen-bond acceptors (Lipinski definition) is 4. The number of Topliss-reactive ketones (excluding diaryl/α,β-unsaturated/α-hetero) is 1. The molecule has 0 fully saturated rings. The highest BCUT2D eigenvalue weighted by Crippen LogP contribution is 2.26. The van der Waals surface area contributed by atoms with E-state index in [0.717, 1.165) is 0 Å². The Kier molecular flexibility index (Phi) is 7.08. The summed E-state index contributed by atoms with van der Waals surface area (Å²) in [5.41, 5.74) is 0.548. The summed E-state index contributed by atoms with van der Waals surface area (Å²) in [5, 5.41) is 2.83. The zero-order valence-corrected chi connectivity index (χ0v) is 13.2. The summed E-state index contributed by atoms with van der Waals surface area (Å²) in [6.45, 7) is 4.79. The third-order valence-corrected chi connectivity index (χ3v) is 2.92. The molecular formula is C14H18BrNO4. The van der Waals surface area contributed by atoms with E-state index in [9.17, 15) is 9.59 Å². The van der Waals surface area contributed by atoms with Gasteiger partial charge in [-0.3, -0.25) is 9.59 Å². The number of anilines is 1. The predicted molar refractivity (Wildman–Crippen MR) is 80.8 cm³/mol. The van der Waals surface area contributed by atoms with Gasteiger partial charge in [-0.1, -0.05) is 15.9 Å². The summed E-state index contributed by atoms with van der Waals surface area (Å²) in [5.74, 6) is 0.695. The molecule has 0 bridgehead atoms. The van der Waals surface area contributed by atoms with Crippen molar-refractivity contribution in [2.75, 3.05) is 23.9 Å². The first-order valence-corrected chi connectivity index (χ1v) is 7.49. The van der Waals surface area contributed by atoms with E-state index >= 15 is 0 Å². The topological polar surface area (TPSA) is 64.6 Å². The van der Waals surface area contributed by atoms with Gasteiger partial charge in [0.1, 0.15) is 11.5 Å². The highest BCUT2D eigenvalue weighted by atomic mass is 79.9.